The van der Waals surface area contributed by atoms with Crippen LogP contribution in [0, 0.1) is 10.1 Å². The summed E-state index contributed by atoms with van der Waals surface area (Å²) in [5, 5.41) is 32.3. The second kappa shape index (κ2) is 7.41. The van der Waals surface area contributed by atoms with Gasteiger partial charge in [0.2, 0.25) is 0 Å². The molecule has 8 heteroatoms. The van der Waals surface area contributed by atoms with Crippen LogP contribution in [-0.4, -0.2) is 32.7 Å². The van der Waals surface area contributed by atoms with E-state index in [0.29, 0.717) is 10.5 Å². The molecule has 0 bridgehead atoms. The van der Waals surface area contributed by atoms with E-state index in [0.717, 1.165) is 0 Å². The molecule has 2 aromatic carbocycles. The molecule has 7 nitrogen and oxygen atoms in total. The number of oxime groups is 1. The topological polar surface area (TPSA) is 113 Å². The predicted octanol–water partition coefficient (Wildman–Crippen LogP) is 3.26. The Morgan fingerprint density at radius 2 is 1.96 bits per heavy atom. The van der Waals surface area contributed by atoms with E-state index in [1.807, 2.05) is 0 Å². The van der Waals surface area contributed by atoms with Gasteiger partial charge in [-0.2, -0.15) is 0 Å². The summed E-state index contributed by atoms with van der Waals surface area (Å²) >= 11 is 1.18. The van der Waals surface area contributed by atoms with Gasteiger partial charge in [0.25, 0.3) is 5.69 Å². The van der Waals surface area contributed by atoms with Crippen molar-refractivity contribution in [1.29, 1.82) is 0 Å². The molecule has 0 unspecified atom stereocenters. The lowest BCUT2D eigenvalue weighted by Gasteiger charge is -2.07. The Morgan fingerprint density at radius 1 is 1.22 bits per heavy atom. The fourth-order valence-electron chi connectivity index (χ4n) is 1.88. The van der Waals surface area contributed by atoms with Gasteiger partial charge in [0, 0.05) is 28.3 Å². The van der Waals surface area contributed by atoms with Crippen molar-refractivity contribution in [2.75, 3.05) is 5.75 Å². The minimum Gasteiger partial charge on any atom is -0.478 e. The average Bonchev–Trinajstić information content (AvgIpc) is 2.56. The molecule has 0 amide bonds. The zero-order chi connectivity index (χ0) is 16.8. The first-order valence-electron chi connectivity index (χ1n) is 6.44. The number of hydrogen-bond donors (Lipinski definition) is 2. The monoisotopic (exact) mass is 332 g/mol. The Balaban J connectivity index is 2.20. The van der Waals surface area contributed by atoms with Gasteiger partial charge in [0.05, 0.1) is 16.2 Å². The van der Waals surface area contributed by atoms with Crippen LogP contribution in [-0.2, 0) is 0 Å². The number of aromatic carboxylic acids is 1. The van der Waals surface area contributed by atoms with Crippen LogP contribution in [0.3, 0.4) is 0 Å². The molecule has 2 N–H and O–H groups in total. The molecular weight excluding hydrogens is 320 g/mol. The van der Waals surface area contributed by atoms with Crippen LogP contribution in [0.5, 0.6) is 0 Å². The summed E-state index contributed by atoms with van der Waals surface area (Å²) < 4.78 is 0. The number of benzene rings is 2. The number of nitro groups is 1. The highest BCUT2D eigenvalue weighted by molar-refractivity contribution is 8.00. The van der Waals surface area contributed by atoms with E-state index >= 15 is 0 Å². The third-order valence-corrected chi connectivity index (χ3v) is 4.08. The molecule has 2 aromatic rings. The number of nitro benzene ring substituents is 1. The number of nitrogens with zero attached hydrogens (tertiary/aromatic N) is 2. The molecule has 0 spiro atoms. The summed E-state index contributed by atoms with van der Waals surface area (Å²) in [4.78, 5) is 21.9. The summed E-state index contributed by atoms with van der Waals surface area (Å²) in [5.74, 6) is -0.881. The van der Waals surface area contributed by atoms with Crippen molar-refractivity contribution in [2.24, 2.45) is 5.16 Å². The van der Waals surface area contributed by atoms with Crippen molar-refractivity contribution in [2.45, 2.75) is 4.90 Å². The van der Waals surface area contributed by atoms with Crippen LogP contribution >= 0.6 is 11.8 Å². The van der Waals surface area contributed by atoms with Gasteiger partial charge in [-0.1, -0.05) is 29.4 Å². The summed E-state index contributed by atoms with van der Waals surface area (Å²) in [5.41, 5.74) is 0.661. The SMILES string of the molecule is O=C(O)c1ccccc1SCC(=NO)c1cccc([N+](=O)[O-])c1. The van der Waals surface area contributed by atoms with Crippen LogP contribution in [0.1, 0.15) is 15.9 Å². The summed E-state index contributed by atoms with van der Waals surface area (Å²) in [6.07, 6.45) is 0. The first kappa shape index (κ1) is 16.5. The number of non-ortho nitro benzene ring substituents is 1. The van der Waals surface area contributed by atoms with Crippen LogP contribution in [0.25, 0.3) is 0 Å². The third kappa shape index (κ3) is 4.07. The van der Waals surface area contributed by atoms with Crippen molar-refractivity contribution in [3.8, 4) is 0 Å². The highest BCUT2D eigenvalue weighted by atomic mass is 32.2. The van der Waals surface area contributed by atoms with E-state index in [2.05, 4.69) is 5.16 Å². The maximum Gasteiger partial charge on any atom is 0.336 e. The fraction of sp³-hybridized carbons (Fsp3) is 0.0667. The largest absolute Gasteiger partial charge is 0.478 e. The molecule has 118 valence electrons. The lowest BCUT2D eigenvalue weighted by atomic mass is 10.1. The lowest BCUT2D eigenvalue weighted by molar-refractivity contribution is -0.384. The fourth-order valence-corrected chi connectivity index (χ4v) is 2.89. The van der Waals surface area contributed by atoms with E-state index in [-0.39, 0.29) is 22.7 Å². The standard InChI is InChI=1S/C15H12N2O5S/c18-15(19)12-6-1-2-7-14(12)23-9-13(16-20)10-4-3-5-11(8-10)17(21)22/h1-8,20H,9H2,(H,18,19). The molecular formula is C15H12N2O5S. The van der Waals surface area contributed by atoms with Crippen LogP contribution in [0.4, 0.5) is 5.69 Å². The molecule has 0 aliphatic carbocycles. The molecule has 2 rings (SSSR count). The summed E-state index contributed by atoms with van der Waals surface area (Å²) in [7, 11) is 0. The molecule has 0 fully saturated rings. The Bertz CT molecular complexity index is 776. The van der Waals surface area contributed by atoms with Gasteiger partial charge in [0.1, 0.15) is 0 Å². The number of carboxylic acids is 1. The number of carbonyl (C=O) groups is 1. The second-order valence-electron chi connectivity index (χ2n) is 4.44. The minimum absolute atomic E-state index is 0.111. The Hall–Kier alpha value is -2.87. The number of rotatable bonds is 6. The molecule has 0 aromatic heterocycles. The summed E-state index contributed by atoms with van der Waals surface area (Å²) in [6, 6.07) is 12.2. The Morgan fingerprint density at radius 3 is 2.61 bits per heavy atom. The molecule has 0 heterocycles. The van der Waals surface area contributed by atoms with E-state index in [1.54, 1.807) is 24.3 Å². The van der Waals surface area contributed by atoms with Gasteiger partial charge in [-0.05, 0) is 12.1 Å². The van der Waals surface area contributed by atoms with Crippen molar-refractivity contribution in [1.82, 2.24) is 0 Å². The smallest absolute Gasteiger partial charge is 0.336 e. The summed E-state index contributed by atoms with van der Waals surface area (Å²) in [6.45, 7) is 0. The third-order valence-electron chi connectivity index (χ3n) is 2.99. The van der Waals surface area contributed by atoms with E-state index in [4.69, 9.17) is 10.3 Å². The molecule has 23 heavy (non-hydrogen) atoms. The van der Waals surface area contributed by atoms with Gasteiger partial charge < -0.3 is 10.3 Å². The van der Waals surface area contributed by atoms with Crippen LogP contribution in [0.2, 0.25) is 0 Å². The maximum absolute atomic E-state index is 11.2. The number of hydrogen-bond acceptors (Lipinski definition) is 6. The molecule has 0 atom stereocenters. The number of carboxylic acid groups (broad SMARTS) is 1. The second-order valence-corrected chi connectivity index (χ2v) is 5.46. The quantitative estimate of drug-likeness (QED) is 0.276. The van der Waals surface area contributed by atoms with Crippen LogP contribution in [0.15, 0.2) is 58.6 Å². The maximum atomic E-state index is 11.2. The number of thioether (sulfide) groups is 1. The highest BCUT2D eigenvalue weighted by Gasteiger charge is 2.14. The lowest BCUT2D eigenvalue weighted by Crippen LogP contribution is -2.06. The van der Waals surface area contributed by atoms with E-state index in [9.17, 15) is 14.9 Å². The van der Waals surface area contributed by atoms with Crippen molar-refractivity contribution < 1.29 is 20.0 Å². The van der Waals surface area contributed by atoms with Gasteiger partial charge in [-0.25, -0.2) is 4.79 Å². The van der Waals surface area contributed by atoms with E-state index in [1.165, 1.54) is 36.0 Å². The zero-order valence-corrected chi connectivity index (χ0v) is 12.6. The predicted molar refractivity (Wildman–Crippen MR) is 85.5 cm³/mol. The first-order valence-corrected chi connectivity index (χ1v) is 7.42. The average molecular weight is 332 g/mol. The minimum atomic E-state index is -1.05. The normalized spacial score (nSPS) is 11.2. The highest BCUT2D eigenvalue weighted by Crippen LogP contribution is 2.24. The van der Waals surface area contributed by atoms with E-state index < -0.39 is 10.9 Å². The Labute approximate surface area is 135 Å². The molecule has 0 radical (unpaired) electrons. The van der Waals surface area contributed by atoms with Crippen molar-refractivity contribution in [3.63, 3.8) is 0 Å². The molecule has 0 aliphatic heterocycles. The molecule has 0 saturated carbocycles. The van der Waals surface area contributed by atoms with Crippen LogP contribution < -0.4 is 0 Å². The molecule has 0 saturated heterocycles. The van der Waals surface area contributed by atoms with Crippen molar-refractivity contribution >= 4 is 29.1 Å². The van der Waals surface area contributed by atoms with Gasteiger partial charge in [-0.15, -0.1) is 11.8 Å². The van der Waals surface area contributed by atoms with Crippen molar-refractivity contribution in [3.05, 3.63) is 69.8 Å². The van der Waals surface area contributed by atoms with Gasteiger partial charge >= 0.3 is 5.97 Å². The first-order chi connectivity index (χ1) is 11.0. The van der Waals surface area contributed by atoms with Gasteiger partial charge in [0.15, 0.2) is 0 Å². The Kier molecular flexibility index (Phi) is 5.32. The zero-order valence-electron chi connectivity index (χ0n) is 11.7. The van der Waals surface area contributed by atoms with Gasteiger partial charge in [-0.3, -0.25) is 10.1 Å². The molecule has 0 aliphatic rings.